The normalized spacial score (nSPS) is 12.1. The Morgan fingerprint density at radius 3 is 2.33 bits per heavy atom. The predicted molar refractivity (Wildman–Crippen MR) is 87.5 cm³/mol. The summed E-state index contributed by atoms with van der Waals surface area (Å²) in [6, 6.07) is 7.69. The minimum absolute atomic E-state index is 0.344. The average Bonchev–Trinajstić information content (AvgIpc) is 2.42. The molecule has 0 aliphatic carbocycles. The van der Waals surface area contributed by atoms with Gasteiger partial charge >= 0.3 is 0 Å². The van der Waals surface area contributed by atoms with E-state index in [1.807, 2.05) is 0 Å². The fourth-order valence-electron chi connectivity index (χ4n) is 1.91. The third-order valence-electron chi connectivity index (χ3n) is 2.89. The van der Waals surface area contributed by atoms with Crippen molar-refractivity contribution >= 4 is 31.9 Å². The van der Waals surface area contributed by atoms with Crippen molar-refractivity contribution in [3.63, 3.8) is 0 Å². The first-order chi connectivity index (χ1) is 9.93. The predicted octanol–water partition coefficient (Wildman–Crippen LogP) is 5.17. The van der Waals surface area contributed by atoms with E-state index in [0.29, 0.717) is 27.3 Å². The second-order valence-electron chi connectivity index (χ2n) is 4.46. The summed E-state index contributed by atoms with van der Waals surface area (Å²) in [6.07, 6.45) is 0. The molecule has 0 unspecified atom stereocenters. The van der Waals surface area contributed by atoms with E-state index in [0.717, 1.165) is 4.47 Å². The third kappa shape index (κ3) is 3.56. The van der Waals surface area contributed by atoms with E-state index in [-0.39, 0.29) is 5.82 Å². The lowest BCUT2D eigenvalue weighted by Crippen LogP contribution is -2.09. The molecule has 2 aromatic carbocycles. The lowest BCUT2D eigenvalue weighted by Gasteiger charge is -2.16. The number of methoxy groups -OCH3 is 1. The van der Waals surface area contributed by atoms with Crippen molar-refractivity contribution in [2.24, 2.45) is 5.73 Å². The number of nitrogens with two attached hydrogens (primary N) is 1. The molecule has 0 saturated heterocycles. The molecule has 0 spiro atoms. The Morgan fingerprint density at radius 2 is 1.71 bits per heavy atom. The number of ether oxygens (including phenoxy) is 2. The summed E-state index contributed by atoms with van der Waals surface area (Å²) in [5, 5.41) is 0. The molecule has 2 N–H and O–H groups in total. The van der Waals surface area contributed by atoms with Crippen LogP contribution in [0.15, 0.2) is 39.3 Å². The lowest BCUT2D eigenvalue weighted by molar-refractivity contribution is 0.408. The van der Waals surface area contributed by atoms with Gasteiger partial charge in [-0.25, -0.2) is 4.39 Å². The maximum absolute atomic E-state index is 13.9. The summed E-state index contributed by atoms with van der Waals surface area (Å²) in [5.41, 5.74) is 6.17. The van der Waals surface area contributed by atoms with Gasteiger partial charge in [0.2, 0.25) is 0 Å². The molecule has 0 amide bonds. The highest BCUT2D eigenvalue weighted by atomic mass is 79.9. The molecule has 0 bridgehead atoms. The molecule has 0 aliphatic heterocycles. The van der Waals surface area contributed by atoms with Gasteiger partial charge in [-0.15, -0.1) is 0 Å². The van der Waals surface area contributed by atoms with E-state index in [2.05, 4.69) is 31.9 Å². The van der Waals surface area contributed by atoms with Gasteiger partial charge in [0, 0.05) is 11.6 Å². The van der Waals surface area contributed by atoms with E-state index >= 15 is 0 Å². The van der Waals surface area contributed by atoms with Gasteiger partial charge in [-0.1, -0.05) is 6.07 Å². The summed E-state index contributed by atoms with van der Waals surface area (Å²) in [4.78, 5) is 0. The second kappa shape index (κ2) is 6.77. The van der Waals surface area contributed by atoms with Crippen LogP contribution in [0.3, 0.4) is 0 Å². The number of hydrogen-bond donors (Lipinski definition) is 1. The van der Waals surface area contributed by atoms with Gasteiger partial charge in [0.25, 0.3) is 0 Å². The first kappa shape index (κ1) is 16.3. The molecule has 0 heterocycles. The van der Waals surface area contributed by atoms with E-state index in [4.69, 9.17) is 15.2 Å². The van der Waals surface area contributed by atoms with Crippen molar-refractivity contribution < 1.29 is 13.9 Å². The van der Waals surface area contributed by atoms with Gasteiger partial charge in [0.05, 0.1) is 16.1 Å². The molecule has 0 saturated carbocycles. The average molecular weight is 419 g/mol. The van der Waals surface area contributed by atoms with E-state index in [1.165, 1.54) is 6.07 Å². The molecule has 2 rings (SSSR count). The van der Waals surface area contributed by atoms with Gasteiger partial charge in [0.15, 0.2) is 0 Å². The van der Waals surface area contributed by atoms with Crippen molar-refractivity contribution in [1.29, 1.82) is 0 Å². The van der Waals surface area contributed by atoms with Crippen LogP contribution in [-0.2, 0) is 0 Å². The molecule has 0 radical (unpaired) electrons. The van der Waals surface area contributed by atoms with Gasteiger partial charge in [-0.2, -0.15) is 0 Å². The van der Waals surface area contributed by atoms with Crippen LogP contribution < -0.4 is 15.2 Å². The molecule has 0 fully saturated rings. The highest BCUT2D eigenvalue weighted by Gasteiger charge is 2.16. The van der Waals surface area contributed by atoms with Crippen LogP contribution in [0.5, 0.6) is 17.2 Å². The fraction of sp³-hybridized carbons (Fsp3) is 0.200. The first-order valence-corrected chi connectivity index (χ1v) is 7.77. The van der Waals surface area contributed by atoms with Gasteiger partial charge < -0.3 is 15.2 Å². The molecular weight excluding hydrogens is 405 g/mol. The van der Waals surface area contributed by atoms with Crippen molar-refractivity contribution in [3.05, 3.63) is 50.7 Å². The van der Waals surface area contributed by atoms with Crippen LogP contribution in [-0.4, -0.2) is 7.11 Å². The minimum atomic E-state index is -0.471. The van der Waals surface area contributed by atoms with Crippen molar-refractivity contribution in [2.75, 3.05) is 7.11 Å². The number of halogens is 3. The molecule has 3 nitrogen and oxygen atoms in total. The van der Waals surface area contributed by atoms with Crippen molar-refractivity contribution in [1.82, 2.24) is 0 Å². The Bertz CT molecular complexity index is 662. The lowest BCUT2D eigenvalue weighted by atomic mass is 10.1. The second-order valence-corrected chi connectivity index (χ2v) is 6.17. The third-order valence-corrected chi connectivity index (χ3v) is 4.13. The van der Waals surface area contributed by atoms with E-state index in [1.54, 1.807) is 38.3 Å². The summed E-state index contributed by atoms with van der Waals surface area (Å²) in [7, 11) is 1.58. The van der Waals surface area contributed by atoms with E-state index < -0.39 is 6.04 Å². The molecule has 0 aromatic heterocycles. The smallest absolute Gasteiger partial charge is 0.143 e. The van der Waals surface area contributed by atoms with Crippen molar-refractivity contribution in [2.45, 2.75) is 13.0 Å². The maximum atomic E-state index is 13.9. The van der Waals surface area contributed by atoms with E-state index in [9.17, 15) is 4.39 Å². The zero-order valence-corrected chi connectivity index (χ0v) is 14.7. The molecular formula is C15H14Br2FNO2. The summed E-state index contributed by atoms with van der Waals surface area (Å²) in [5.74, 6) is 1.21. The molecule has 6 heteroatoms. The van der Waals surface area contributed by atoms with Crippen molar-refractivity contribution in [3.8, 4) is 17.2 Å². The van der Waals surface area contributed by atoms with Crippen LogP contribution in [0.1, 0.15) is 18.5 Å². The Labute approximate surface area is 139 Å². The van der Waals surface area contributed by atoms with Crippen LogP contribution in [0.2, 0.25) is 0 Å². The fourth-order valence-corrected chi connectivity index (χ4v) is 2.80. The zero-order valence-electron chi connectivity index (χ0n) is 11.5. The molecule has 2 aromatic rings. The monoisotopic (exact) mass is 417 g/mol. The van der Waals surface area contributed by atoms with Crippen LogP contribution in [0.4, 0.5) is 4.39 Å². The number of rotatable bonds is 4. The Kier molecular flexibility index (Phi) is 5.24. The van der Waals surface area contributed by atoms with Crippen LogP contribution in [0, 0.1) is 5.82 Å². The quantitative estimate of drug-likeness (QED) is 0.744. The maximum Gasteiger partial charge on any atom is 0.143 e. The molecule has 112 valence electrons. The highest BCUT2D eigenvalue weighted by Crippen LogP contribution is 2.39. The Morgan fingerprint density at radius 1 is 1.10 bits per heavy atom. The molecule has 0 aliphatic rings. The largest absolute Gasteiger partial charge is 0.496 e. The summed E-state index contributed by atoms with van der Waals surface area (Å²) in [6.45, 7) is 1.71. The first-order valence-electron chi connectivity index (χ1n) is 6.19. The number of hydrogen-bond acceptors (Lipinski definition) is 3. The standard InChI is InChI=1S/C15H14Br2FNO2/c1-8(19)15-11(18)4-3-5-12(15)21-14-7-9(16)13(20-2)6-10(14)17/h3-8H,19H2,1-2H3/t8-/m0/s1. The van der Waals surface area contributed by atoms with Gasteiger partial charge in [-0.3, -0.25) is 0 Å². The minimum Gasteiger partial charge on any atom is -0.496 e. The van der Waals surface area contributed by atoms with Crippen LogP contribution >= 0.6 is 31.9 Å². The van der Waals surface area contributed by atoms with Gasteiger partial charge in [-0.05, 0) is 63.0 Å². The summed E-state index contributed by atoms with van der Waals surface area (Å²) >= 11 is 6.80. The zero-order chi connectivity index (χ0) is 15.6. The topological polar surface area (TPSA) is 44.5 Å². The highest BCUT2D eigenvalue weighted by molar-refractivity contribution is 9.11. The Balaban J connectivity index is 2.44. The number of benzene rings is 2. The molecule has 1 atom stereocenters. The summed E-state index contributed by atoms with van der Waals surface area (Å²) < 4.78 is 26.3. The van der Waals surface area contributed by atoms with Gasteiger partial charge in [0.1, 0.15) is 23.1 Å². The SMILES string of the molecule is COc1cc(Br)c(Oc2cccc(F)c2[C@H](C)N)cc1Br. The van der Waals surface area contributed by atoms with Crippen LogP contribution in [0.25, 0.3) is 0 Å². The molecule has 21 heavy (non-hydrogen) atoms. The Hall–Kier alpha value is -1.11.